The van der Waals surface area contributed by atoms with Gasteiger partial charge in [0.2, 0.25) is 5.95 Å². The van der Waals surface area contributed by atoms with Gasteiger partial charge in [0, 0.05) is 38.9 Å². The van der Waals surface area contributed by atoms with Gasteiger partial charge in [-0.1, -0.05) is 30.3 Å². The number of benzene rings is 3. The molecule has 1 unspecified atom stereocenters. The first-order chi connectivity index (χ1) is 28.3. The van der Waals surface area contributed by atoms with E-state index in [0.29, 0.717) is 30.9 Å². The van der Waals surface area contributed by atoms with Gasteiger partial charge in [0.15, 0.2) is 5.75 Å². The first-order valence-electron chi connectivity index (χ1n) is 19.5. The number of esters is 1. The van der Waals surface area contributed by atoms with E-state index in [1.54, 1.807) is 0 Å². The molecular formula is C43H47F9N4O4. The van der Waals surface area contributed by atoms with Crippen molar-refractivity contribution >= 4 is 17.6 Å². The fraction of sp³-hybridized carbons (Fsp3) is 0.465. The van der Waals surface area contributed by atoms with Gasteiger partial charge in [-0.2, -0.15) is 39.5 Å². The molecule has 1 aliphatic rings. The monoisotopic (exact) mass is 854 g/mol. The third-order valence-corrected chi connectivity index (χ3v) is 10.6. The second kappa shape index (κ2) is 20.0. The molecule has 1 aromatic heterocycles. The molecule has 0 radical (unpaired) electrons. The van der Waals surface area contributed by atoms with Crippen molar-refractivity contribution in [2.24, 2.45) is 11.8 Å². The molecule has 1 atom stereocenters. The van der Waals surface area contributed by atoms with Gasteiger partial charge in [-0.05, 0) is 104 Å². The fourth-order valence-electron chi connectivity index (χ4n) is 7.30. The van der Waals surface area contributed by atoms with E-state index in [9.17, 15) is 44.3 Å². The zero-order valence-corrected chi connectivity index (χ0v) is 33.3. The van der Waals surface area contributed by atoms with Crippen molar-refractivity contribution in [3.63, 3.8) is 0 Å². The smallest absolute Gasteiger partial charge is 0.416 e. The van der Waals surface area contributed by atoms with E-state index in [-0.39, 0.29) is 67.4 Å². The molecule has 1 heterocycles. The van der Waals surface area contributed by atoms with E-state index in [4.69, 9.17) is 14.2 Å². The standard InChI is InChI=1S/C43H47F9N4O4/c1-4-55(25-30-12-10-29(11-13-30)18-39(57)60-27-31-8-6-5-7-9-31)38-15-14-34(41(44,45)46)21-33(38)26-56(40-53-23-37(24-54-40)59-17-16-58-3)28(2)32-19-35(42(47,48)49)22-36(20-32)43(50,51)52/h5-9,14-15,19-24,28-30H,4,10-13,16-18,25-27H2,1-3H3/t28?,29-,30-. The minimum absolute atomic E-state index is 0.0123. The Balaban J connectivity index is 1.44. The van der Waals surface area contributed by atoms with Crippen molar-refractivity contribution in [3.8, 4) is 5.75 Å². The number of ether oxygens (including phenoxy) is 3. The Hall–Kier alpha value is -5.06. The van der Waals surface area contributed by atoms with Gasteiger partial charge in [0.1, 0.15) is 13.2 Å². The fourth-order valence-corrected chi connectivity index (χ4v) is 7.30. The average Bonchev–Trinajstić information content (AvgIpc) is 3.21. The van der Waals surface area contributed by atoms with E-state index in [1.807, 2.05) is 42.2 Å². The van der Waals surface area contributed by atoms with Gasteiger partial charge in [0.25, 0.3) is 0 Å². The first kappa shape index (κ1) is 46.0. The van der Waals surface area contributed by atoms with Crippen LogP contribution in [0.25, 0.3) is 0 Å². The summed E-state index contributed by atoms with van der Waals surface area (Å²) in [5, 5.41) is 0. The number of carbonyl (C=O) groups excluding carboxylic acids is 1. The van der Waals surface area contributed by atoms with Crippen molar-refractivity contribution in [1.29, 1.82) is 0 Å². The van der Waals surface area contributed by atoms with Crippen LogP contribution in [0.4, 0.5) is 51.1 Å². The summed E-state index contributed by atoms with van der Waals surface area (Å²) in [7, 11) is 1.46. The average molecular weight is 855 g/mol. The van der Waals surface area contributed by atoms with E-state index in [1.165, 1.54) is 37.4 Å². The molecule has 0 amide bonds. The number of alkyl halides is 9. The van der Waals surface area contributed by atoms with E-state index >= 15 is 0 Å². The molecule has 8 nitrogen and oxygen atoms in total. The second-order valence-corrected chi connectivity index (χ2v) is 14.8. The van der Waals surface area contributed by atoms with Crippen molar-refractivity contribution in [3.05, 3.63) is 113 Å². The minimum Gasteiger partial charge on any atom is -0.488 e. The lowest BCUT2D eigenvalue weighted by molar-refractivity contribution is -0.146. The Morgan fingerprint density at radius 2 is 1.38 bits per heavy atom. The predicted molar refractivity (Wildman–Crippen MR) is 206 cm³/mol. The third kappa shape index (κ3) is 12.7. The molecule has 3 aromatic carbocycles. The lowest BCUT2D eigenvalue weighted by atomic mass is 9.80. The molecule has 326 valence electrons. The summed E-state index contributed by atoms with van der Waals surface area (Å²) in [6.07, 6.45) is -9.32. The van der Waals surface area contributed by atoms with Crippen LogP contribution in [0.1, 0.15) is 85.4 Å². The number of hydrogen-bond donors (Lipinski definition) is 0. The van der Waals surface area contributed by atoms with Gasteiger partial charge >= 0.3 is 24.5 Å². The summed E-state index contributed by atoms with van der Waals surface area (Å²) >= 11 is 0. The quantitative estimate of drug-likeness (QED) is 0.0590. The lowest BCUT2D eigenvalue weighted by Gasteiger charge is -2.36. The predicted octanol–water partition coefficient (Wildman–Crippen LogP) is 11.1. The highest BCUT2D eigenvalue weighted by atomic mass is 19.4. The highest BCUT2D eigenvalue weighted by Gasteiger charge is 2.38. The number of anilines is 2. The molecule has 17 heteroatoms. The van der Waals surface area contributed by atoms with Crippen molar-refractivity contribution in [2.45, 2.75) is 83.7 Å². The van der Waals surface area contributed by atoms with Gasteiger partial charge in [-0.15, -0.1) is 0 Å². The molecule has 60 heavy (non-hydrogen) atoms. The third-order valence-electron chi connectivity index (χ3n) is 10.6. The number of nitrogens with zero attached hydrogens (tertiary/aromatic N) is 4. The zero-order chi connectivity index (χ0) is 43.7. The second-order valence-electron chi connectivity index (χ2n) is 14.8. The van der Waals surface area contributed by atoms with Crippen LogP contribution in [0, 0.1) is 11.8 Å². The van der Waals surface area contributed by atoms with Crippen LogP contribution in [-0.2, 0) is 45.9 Å². The molecular weight excluding hydrogens is 807 g/mol. The SMILES string of the molecule is CCN(C[C@H]1CC[C@H](CC(=O)OCc2ccccc2)CC1)c1ccc(C(F)(F)F)cc1CN(c1ncc(OCCOC)cn1)C(C)c1cc(C(F)(F)F)cc(C(F)(F)F)c1. The topological polar surface area (TPSA) is 77.0 Å². The summed E-state index contributed by atoms with van der Waals surface area (Å²) < 4.78 is 143. The normalized spacial score (nSPS) is 16.6. The van der Waals surface area contributed by atoms with Crippen LogP contribution >= 0.6 is 0 Å². The molecule has 0 aliphatic heterocycles. The van der Waals surface area contributed by atoms with Gasteiger partial charge in [0.05, 0.1) is 41.7 Å². The van der Waals surface area contributed by atoms with Gasteiger partial charge in [-0.25, -0.2) is 9.97 Å². The van der Waals surface area contributed by atoms with Crippen LogP contribution in [0.5, 0.6) is 5.75 Å². The molecule has 0 saturated heterocycles. The number of aromatic nitrogens is 2. The summed E-state index contributed by atoms with van der Waals surface area (Å²) in [6, 6.07) is 12.4. The number of halogens is 9. The Morgan fingerprint density at radius 3 is 1.95 bits per heavy atom. The molecule has 0 spiro atoms. The van der Waals surface area contributed by atoms with Crippen molar-refractivity contribution in [2.75, 3.05) is 43.2 Å². The largest absolute Gasteiger partial charge is 0.488 e. The van der Waals surface area contributed by atoms with Crippen molar-refractivity contribution < 1.29 is 58.5 Å². The Kier molecular flexibility index (Phi) is 15.3. The Bertz CT molecular complexity index is 1950. The van der Waals surface area contributed by atoms with Crippen LogP contribution in [0.2, 0.25) is 0 Å². The number of rotatable bonds is 17. The molecule has 5 rings (SSSR count). The zero-order valence-electron chi connectivity index (χ0n) is 33.3. The highest BCUT2D eigenvalue weighted by Crippen LogP contribution is 2.41. The van der Waals surface area contributed by atoms with Crippen LogP contribution < -0.4 is 14.5 Å². The molecule has 1 fully saturated rings. The van der Waals surface area contributed by atoms with Gasteiger partial charge in [-0.3, -0.25) is 4.79 Å². The Labute approximate surface area is 342 Å². The van der Waals surface area contributed by atoms with Crippen LogP contribution in [0.3, 0.4) is 0 Å². The van der Waals surface area contributed by atoms with E-state index in [0.717, 1.165) is 43.4 Å². The highest BCUT2D eigenvalue weighted by molar-refractivity contribution is 5.69. The van der Waals surface area contributed by atoms with Crippen LogP contribution in [0.15, 0.2) is 79.1 Å². The maximum absolute atomic E-state index is 14.3. The molecule has 4 aromatic rings. The molecule has 0 N–H and O–H groups in total. The lowest BCUT2D eigenvalue weighted by Crippen LogP contribution is -2.34. The molecule has 1 saturated carbocycles. The summed E-state index contributed by atoms with van der Waals surface area (Å²) in [4.78, 5) is 24.4. The molecule has 1 aliphatic carbocycles. The van der Waals surface area contributed by atoms with Gasteiger partial charge < -0.3 is 24.0 Å². The van der Waals surface area contributed by atoms with Crippen LogP contribution in [-0.4, -0.2) is 49.4 Å². The number of hydrogen-bond acceptors (Lipinski definition) is 8. The van der Waals surface area contributed by atoms with E-state index in [2.05, 4.69) is 9.97 Å². The van der Waals surface area contributed by atoms with E-state index < -0.39 is 53.4 Å². The van der Waals surface area contributed by atoms with Crippen molar-refractivity contribution in [1.82, 2.24) is 9.97 Å². The number of methoxy groups -OCH3 is 1. The Morgan fingerprint density at radius 1 is 0.783 bits per heavy atom. The summed E-state index contributed by atoms with van der Waals surface area (Å²) in [6.45, 7) is 4.07. The minimum atomic E-state index is -5.14. The maximum atomic E-state index is 14.3. The summed E-state index contributed by atoms with van der Waals surface area (Å²) in [5.74, 6) is -0.0619. The number of carbonyl (C=O) groups is 1. The first-order valence-corrected chi connectivity index (χ1v) is 19.5. The summed E-state index contributed by atoms with van der Waals surface area (Å²) in [5.41, 5.74) is -3.12. The molecule has 0 bridgehead atoms. The maximum Gasteiger partial charge on any atom is 0.416 e.